The zero-order valence-corrected chi connectivity index (χ0v) is 19.3. The Labute approximate surface area is 195 Å². The normalized spacial score (nSPS) is 14.5. The minimum atomic E-state index is 0.0963. The molecule has 0 saturated carbocycles. The molecule has 0 atom stereocenters. The lowest BCUT2D eigenvalue weighted by Crippen LogP contribution is -2.48. The van der Waals surface area contributed by atoms with E-state index in [0.29, 0.717) is 0 Å². The smallest absolute Gasteiger partial charge is 0.254 e. The van der Waals surface area contributed by atoms with Crippen LogP contribution in [0, 0.1) is 13.8 Å². The molecule has 4 nitrogen and oxygen atoms in total. The summed E-state index contributed by atoms with van der Waals surface area (Å²) in [4.78, 5) is 23.0. The number of carbonyl (C=O) groups is 1. The second-order valence-electron chi connectivity index (χ2n) is 8.94. The molecule has 0 radical (unpaired) electrons. The zero-order chi connectivity index (χ0) is 22.8. The molecule has 5 rings (SSSR count). The van der Waals surface area contributed by atoms with Crippen LogP contribution in [-0.4, -0.2) is 46.9 Å². The van der Waals surface area contributed by atoms with E-state index in [4.69, 9.17) is 4.98 Å². The molecule has 1 saturated heterocycles. The first-order valence-corrected chi connectivity index (χ1v) is 11.6. The summed E-state index contributed by atoms with van der Waals surface area (Å²) in [6, 6.07) is 26.9. The number of hydrogen-bond acceptors (Lipinski definition) is 3. The fourth-order valence-electron chi connectivity index (χ4n) is 4.71. The Kier molecular flexibility index (Phi) is 5.93. The lowest BCUT2D eigenvalue weighted by molar-refractivity contribution is 0.0630. The van der Waals surface area contributed by atoms with Crippen LogP contribution in [0.1, 0.15) is 27.0 Å². The maximum absolute atomic E-state index is 13.7. The zero-order valence-electron chi connectivity index (χ0n) is 19.3. The number of fused-ring (bicyclic) bond motifs is 1. The number of carbonyl (C=O) groups excluding carboxylic acids is 1. The number of amides is 1. The summed E-state index contributed by atoms with van der Waals surface area (Å²) in [6.07, 6.45) is 0. The van der Waals surface area contributed by atoms with Gasteiger partial charge in [-0.2, -0.15) is 0 Å². The summed E-state index contributed by atoms with van der Waals surface area (Å²) in [5, 5.41) is 0.919. The first-order valence-electron chi connectivity index (χ1n) is 11.6. The van der Waals surface area contributed by atoms with Gasteiger partial charge in [0.15, 0.2) is 0 Å². The van der Waals surface area contributed by atoms with E-state index in [0.717, 1.165) is 60.4 Å². The number of rotatable bonds is 4. The maximum Gasteiger partial charge on any atom is 0.254 e. The van der Waals surface area contributed by atoms with Crippen molar-refractivity contribution in [2.75, 3.05) is 26.2 Å². The third-order valence-corrected chi connectivity index (χ3v) is 6.51. The van der Waals surface area contributed by atoms with Gasteiger partial charge in [0.2, 0.25) is 0 Å². The molecule has 0 N–H and O–H groups in total. The van der Waals surface area contributed by atoms with Gasteiger partial charge in [0.25, 0.3) is 5.91 Å². The fourth-order valence-corrected chi connectivity index (χ4v) is 4.71. The van der Waals surface area contributed by atoms with E-state index >= 15 is 0 Å². The second kappa shape index (κ2) is 9.16. The number of hydrogen-bond donors (Lipinski definition) is 0. The van der Waals surface area contributed by atoms with E-state index in [2.05, 4.69) is 61.2 Å². The molecule has 3 aromatic carbocycles. The van der Waals surface area contributed by atoms with Crippen molar-refractivity contribution in [2.45, 2.75) is 20.4 Å². The summed E-state index contributed by atoms with van der Waals surface area (Å²) in [7, 11) is 0. The number of aryl methyl sites for hydroxylation is 2. The number of aromatic nitrogens is 1. The topological polar surface area (TPSA) is 36.4 Å². The Bertz CT molecular complexity index is 1290. The first-order chi connectivity index (χ1) is 16.1. The molecule has 0 aliphatic carbocycles. The summed E-state index contributed by atoms with van der Waals surface area (Å²) in [5.74, 6) is 0.0963. The van der Waals surface area contributed by atoms with Gasteiger partial charge in [-0.1, -0.05) is 72.3 Å². The van der Waals surface area contributed by atoms with Crippen molar-refractivity contribution in [1.82, 2.24) is 14.8 Å². The summed E-state index contributed by atoms with van der Waals surface area (Å²) >= 11 is 0. The molecule has 0 unspecified atom stereocenters. The van der Waals surface area contributed by atoms with Crippen molar-refractivity contribution in [2.24, 2.45) is 0 Å². The van der Waals surface area contributed by atoms with Crippen molar-refractivity contribution in [3.05, 3.63) is 101 Å². The minimum absolute atomic E-state index is 0.0963. The third-order valence-electron chi connectivity index (χ3n) is 6.51. The molecule has 1 aliphatic rings. The average molecular weight is 436 g/mol. The predicted molar refractivity (Wildman–Crippen MR) is 134 cm³/mol. The number of benzene rings is 3. The SMILES string of the molecule is Cc1ccc(-c2cc(C(=O)N3CCN(Cc4ccccc4)CC3)c3ccccc3n2)c(C)c1. The van der Waals surface area contributed by atoms with Crippen molar-refractivity contribution in [1.29, 1.82) is 0 Å². The van der Waals surface area contributed by atoms with Crippen LogP contribution in [0.4, 0.5) is 0 Å². The van der Waals surface area contributed by atoms with Crippen LogP contribution in [-0.2, 0) is 6.54 Å². The van der Waals surface area contributed by atoms with E-state index in [9.17, 15) is 4.79 Å². The predicted octanol–water partition coefficient (Wildman–Crippen LogP) is 5.48. The molecule has 2 heterocycles. The first kappa shape index (κ1) is 21.4. The third kappa shape index (κ3) is 4.53. The van der Waals surface area contributed by atoms with Crippen LogP contribution in [0.5, 0.6) is 0 Å². The van der Waals surface area contributed by atoms with Gasteiger partial charge >= 0.3 is 0 Å². The van der Waals surface area contributed by atoms with E-state index < -0.39 is 0 Å². The number of piperazine rings is 1. The van der Waals surface area contributed by atoms with Crippen molar-refractivity contribution in [3.63, 3.8) is 0 Å². The number of para-hydroxylation sites is 1. The number of pyridine rings is 1. The van der Waals surface area contributed by atoms with Crippen molar-refractivity contribution >= 4 is 16.8 Å². The molecule has 1 aromatic heterocycles. The van der Waals surface area contributed by atoms with Crippen LogP contribution in [0.15, 0.2) is 78.9 Å². The standard InChI is InChI=1S/C29H29N3O/c1-21-12-13-24(22(2)18-21)28-19-26(25-10-6-7-11-27(25)30-28)29(33)32-16-14-31(15-17-32)20-23-8-4-3-5-9-23/h3-13,18-19H,14-17,20H2,1-2H3. The fraction of sp³-hybridized carbons (Fsp3) is 0.241. The van der Waals surface area contributed by atoms with E-state index in [1.807, 2.05) is 41.3 Å². The average Bonchev–Trinajstić information content (AvgIpc) is 2.84. The Morgan fingerprint density at radius 3 is 2.33 bits per heavy atom. The Morgan fingerprint density at radius 2 is 1.58 bits per heavy atom. The highest BCUT2D eigenvalue weighted by molar-refractivity contribution is 6.07. The molecule has 0 bridgehead atoms. The number of nitrogens with zero attached hydrogens (tertiary/aromatic N) is 3. The Balaban J connectivity index is 1.41. The van der Waals surface area contributed by atoms with E-state index in [1.54, 1.807) is 0 Å². The van der Waals surface area contributed by atoms with Gasteiger partial charge in [-0.3, -0.25) is 9.69 Å². The lowest BCUT2D eigenvalue weighted by Gasteiger charge is -2.35. The Morgan fingerprint density at radius 1 is 0.848 bits per heavy atom. The van der Waals surface area contributed by atoms with E-state index in [-0.39, 0.29) is 5.91 Å². The lowest BCUT2D eigenvalue weighted by atomic mass is 9.99. The van der Waals surface area contributed by atoms with Gasteiger partial charge in [-0.05, 0) is 37.1 Å². The Hall–Kier alpha value is -3.50. The highest BCUT2D eigenvalue weighted by atomic mass is 16.2. The minimum Gasteiger partial charge on any atom is -0.336 e. The molecule has 166 valence electrons. The summed E-state index contributed by atoms with van der Waals surface area (Å²) in [6.45, 7) is 8.37. The molecule has 1 amide bonds. The monoisotopic (exact) mass is 435 g/mol. The summed E-state index contributed by atoms with van der Waals surface area (Å²) < 4.78 is 0. The highest BCUT2D eigenvalue weighted by Crippen LogP contribution is 2.28. The molecule has 4 aromatic rings. The van der Waals surface area contributed by atoms with Gasteiger partial charge < -0.3 is 4.90 Å². The van der Waals surface area contributed by atoms with Gasteiger partial charge in [0, 0.05) is 43.7 Å². The second-order valence-corrected chi connectivity index (χ2v) is 8.94. The summed E-state index contributed by atoms with van der Waals surface area (Å²) in [5.41, 5.74) is 7.25. The van der Waals surface area contributed by atoms with Crippen LogP contribution in [0.3, 0.4) is 0 Å². The van der Waals surface area contributed by atoms with Crippen LogP contribution in [0.2, 0.25) is 0 Å². The molecule has 0 spiro atoms. The van der Waals surface area contributed by atoms with Gasteiger partial charge in [0.05, 0.1) is 16.8 Å². The van der Waals surface area contributed by atoms with E-state index in [1.165, 1.54) is 16.7 Å². The molecule has 33 heavy (non-hydrogen) atoms. The quantitative estimate of drug-likeness (QED) is 0.426. The van der Waals surface area contributed by atoms with Gasteiger partial charge in [-0.25, -0.2) is 4.98 Å². The highest BCUT2D eigenvalue weighted by Gasteiger charge is 2.24. The molecular formula is C29H29N3O. The maximum atomic E-state index is 13.7. The van der Waals surface area contributed by atoms with Crippen molar-refractivity contribution < 1.29 is 4.79 Å². The largest absolute Gasteiger partial charge is 0.336 e. The molecule has 1 fully saturated rings. The van der Waals surface area contributed by atoms with Gasteiger partial charge in [-0.15, -0.1) is 0 Å². The van der Waals surface area contributed by atoms with Gasteiger partial charge in [0.1, 0.15) is 0 Å². The molecular weight excluding hydrogens is 406 g/mol. The molecule has 4 heteroatoms. The molecule has 1 aliphatic heterocycles. The van der Waals surface area contributed by atoms with Crippen LogP contribution >= 0.6 is 0 Å². The van der Waals surface area contributed by atoms with Crippen LogP contribution in [0.25, 0.3) is 22.2 Å². The van der Waals surface area contributed by atoms with Crippen molar-refractivity contribution in [3.8, 4) is 11.3 Å². The van der Waals surface area contributed by atoms with Crippen LogP contribution < -0.4 is 0 Å².